The molecule has 116 valence electrons. The van der Waals surface area contributed by atoms with E-state index in [1.807, 2.05) is 18.2 Å². The summed E-state index contributed by atoms with van der Waals surface area (Å²) in [7, 11) is 0. The zero-order chi connectivity index (χ0) is 15.4. The minimum absolute atomic E-state index is 0.506. The molecule has 3 heteroatoms. The monoisotopic (exact) mass is 297 g/mol. The normalized spacial score (nSPS) is 25.1. The number of β-amino-alcohol motifs (C(OH)–C–C–N with tert-alkyl or cyclic N) is 1. The topological polar surface area (TPSA) is 41.5 Å². The average Bonchev–Trinajstić information content (AvgIpc) is 2.56. The van der Waals surface area contributed by atoms with Crippen molar-refractivity contribution in [2.75, 3.05) is 13.1 Å². The highest BCUT2D eigenvalue weighted by Crippen LogP contribution is 2.36. The van der Waals surface area contributed by atoms with Gasteiger partial charge in [-0.15, -0.1) is 0 Å². The van der Waals surface area contributed by atoms with E-state index >= 15 is 0 Å². The van der Waals surface area contributed by atoms with Crippen LogP contribution in [0.15, 0.2) is 54.6 Å². The van der Waals surface area contributed by atoms with Gasteiger partial charge in [-0.2, -0.15) is 0 Å². The summed E-state index contributed by atoms with van der Waals surface area (Å²) in [4.78, 5) is 0. The Morgan fingerprint density at radius 1 is 1.14 bits per heavy atom. The van der Waals surface area contributed by atoms with E-state index < -0.39 is 11.7 Å². The third-order valence-corrected chi connectivity index (χ3v) is 4.43. The van der Waals surface area contributed by atoms with Gasteiger partial charge in [0.25, 0.3) is 0 Å². The van der Waals surface area contributed by atoms with E-state index in [2.05, 4.69) is 48.6 Å². The van der Waals surface area contributed by atoms with Crippen molar-refractivity contribution in [2.24, 2.45) is 0 Å². The highest BCUT2D eigenvalue weighted by atomic mass is 16.5. The molecule has 1 aliphatic rings. The van der Waals surface area contributed by atoms with Gasteiger partial charge in [0.05, 0.1) is 12.7 Å². The van der Waals surface area contributed by atoms with Crippen LogP contribution in [0.4, 0.5) is 0 Å². The van der Waals surface area contributed by atoms with Gasteiger partial charge in [-0.05, 0) is 31.0 Å². The largest absolute Gasteiger partial charge is 0.388 e. The molecule has 22 heavy (non-hydrogen) atoms. The molecule has 0 amide bonds. The van der Waals surface area contributed by atoms with Crippen molar-refractivity contribution < 1.29 is 9.84 Å². The minimum atomic E-state index is -0.630. The summed E-state index contributed by atoms with van der Waals surface area (Å²) in [5.41, 5.74) is 2.77. The maximum absolute atomic E-state index is 10.6. The molecule has 0 bridgehead atoms. The van der Waals surface area contributed by atoms with Crippen molar-refractivity contribution >= 4 is 0 Å². The van der Waals surface area contributed by atoms with E-state index in [0.717, 1.165) is 24.1 Å². The third-order valence-electron chi connectivity index (χ3n) is 4.43. The summed E-state index contributed by atoms with van der Waals surface area (Å²) in [5.74, 6) is 0. The minimum Gasteiger partial charge on any atom is -0.388 e. The molecule has 0 radical (unpaired) electrons. The summed E-state index contributed by atoms with van der Waals surface area (Å²) < 4.78 is 6.30. The van der Waals surface area contributed by atoms with E-state index in [1.165, 1.54) is 5.56 Å². The van der Waals surface area contributed by atoms with Gasteiger partial charge in [0.15, 0.2) is 0 Å². The lowest BCUT2D eigenvalue weighted by Gasteiger charge is -2.42. The lowest BCUT2D eigenvalue weighted by Crippen LogP contribution is -2.53. The number of aliphatic hydroxyl groups is 1. The van der Waals surface area contributed by atoms with Crippen molar-refractivity contribution in [1.29, 1.82) is 0 Å². The van der Waals surface area contributed by atoms with Crippen LogP contribution >= 0.6 is 0 Å². The highest BCUT2D eigenvalue weighted by molar-refractivity contribution is 5.29. The fraction of sp³-hybridized carbons (Fsp3) is 0.368. The average molecular weight is 297 g/mol. The fourth-order valence-corrected chi connectivity index (χ4v) is 3.05. The van der Waals surface area contributed by atoms with E-state index in [4.69, 9.17) is 4.74 Å². The van der Waals surface area contributed by atoms with Crippen LogP contribution in [0.2, 0.25) is 0 Å². The molecule has 3 rings (SSSR count). The first-order valence-corrected chi connectivity index (χ1v) is 7.84. The first-order valence-electron chi connectivity index (χ1n) is 7.84. The van der Waals surface area contributed by atoms with Gasteiger partial charge in [0.1, 0.15) is 5.60 Å². The Labute approximate surface area is 131 Å². The van der Waals surface area contributed by atoms with Crippen LogP contribution in [0.3, 0.4) is 0 Å². The lowest BCUT2D eigenvalue weighted by atomic mass is 9.82. The van der Waals surface area contributed by atoms with Gasteiger partial charge in [0, 0.05) is 6.54 Å². The Morgan fingerprint density at radius 3 is 2.55 bits per heavy atom. The molecule has 1 saturated heterocycles. The molecular weight excluding hydrogens is 274 g/mol. The number of aliphatic hydroxyl groups excluding tert-OH is 1. The number of rotatable bonds is 4. The van der Waals surface area contributed by atoms with E-state index in [-0.39, 0.29) is 0 Å². The van der Waals surface area contributed by atoms with Crippen molar-refractivity contribution in [3.8, 4) is 0 Å². The number of hydrogen-bond donors (Lipinski definition) is 2. The van der Waals surface area contributed by atoms with Crippen molar-refractivity contribution in [1.82, 2.24) is 5.32 Å². The second-order valence-corrected chi connectivity index (χ2v) is 6.00. The second kappa shape index (κ2) is 6.61. The van der Waals surface area contributed by atoms with Crippen LogP contribution in [-0.2, 0) is 16.9 Å². The van der Waals surface area contributed by atoms with E-state index in [9.17, 15) is 5.11 Å². The molecule has 2 aromatic carbocycles. The summed E-state index contributed by atoms with van der Waals surface area (Å²) in [6, 6.07) is 18.4. The van der Waals surface area contributed by atoms with Crippen molar-refractivity contribution in [3.05, 3.63) is 71.3 Å². The molecule has 2 unspecified atom stereocenters. The van der Waals surface area contributed by atoms with Gasteiger partial charge in [0.2, 0.25) is 0 Å². The SMILES string of the molecule is Cc1ccc(C2(OCc3ccccc3)CCNCC2O)cc1. The summed E-state index contributed by atoms with van der Waals surface area (Å²) in [6.07, 6.45) is 0.219. The standard InChI is InChI=1S/C19H23NO2/c1-15-7-9-17(10-8-15)19(11-12-20-13-18(19)21)22-14-16-5-3-2-4-6-16/h2-10,18,20-21H,11-14H2,1H3. The van der Waals surface area contributed by atoms with Crippen LogP contribution < -0.4 is 5.32 Å². The Kier molecular flexibility index (Phi) is 4.57. The maximum atomic E-state index is 10.6. The number of nitrogens with one attached hydrogen (secondary N) is 1. The quantitative estimate of drug-likeness (QED) is 0.912. The fourth-order valence-electron chi connectivity index (χ4n) is 3.05. The highest BCUT2D eigenvalue weighted by Gasteiger charge is 2.42. The molecule has 1 fully saturated rings. The number of hydrogen-bond acceptors (Lipinski definition) is 3. The van der Waals surface area contributed by atoms with Gasteiger partial charge in [-0.1, -0.05) is 60.2 Å². The van der Waals surface area contributed by atoms with Gasteiger partial charge >= 0.3 is 0 Å². The van der Waals surface area contributed by atoms with E-state index in [0.29, 0.717) is 13.2 Å². The molecule has 0 spiro atoms. The predicted molar refractivity (Wildman–Crippen MR) is 87.6 cm³/mol. The molecule has 1 heterocycles. The van der Waals surface area contributed by atoms with Crippen LogP contribution in [0.1, 0.15) is 23.1 Å². The van der Waals surface area contributed by atoms with E-state index in [1.54, 1.807) is 0 Å². The van der Waals surface area contributed by atoms with Crippen molar-refractivity contribution in [3.63, 3.8) is 0 Å². The van der Waals surface area contributed by atoms with Crippen LogP contribution in [0.25, 0.3) is 0 Å². The number of ether oxygens (including phenoxy) is 1. The maximum Gasteiger partial charge on any atom is 0.122 e. The van der Waals surface area contributed by atoms with Gasteiger partial charge < -0.3 is 15.2 Å². The number of piperidine rings is 1. The molecule has 2 atom stereocenters. The Balaban J connectivity index is 1.87. The molecule has 1 aliphatic heterocycles. The first-order chi connectivity index (χ1) is 10.7. The number of benzene rings is 2. The molecule has 2 N–H and O–H groups in total. The van der Waals surface area contributed by atoms with Gasteiger partial charge in [-0.25, -0.2) is 0 Å². The first kappa shape index (κ1) is 15.2. The van der Waals surface area contributed by atoms with Crippen LogP contribution in [0.5, 0.6) is 0 Å². The molecule has 0 aliphatic carbocycles. The van der Waals surface area contributed by atoms with Crippen LogP contribution in [-0.4, -0.2) is 24.3 Å². The lowest BCUT2D eigenvalue weighted by molar-refractivity contribution is -0.152. The molecule has 0 saturated carbocycles. The van der Waals surface area contributed by atoms with Crippen molar-refractivity contribution in [2.45, 2.75) is 31.7 Å². The summed E-state index contributed by atoms with van der Waals surface area (Å²) >= 11 is 0. The predicted octanol–water partition coefficient (Wildman–Crippen LogP) is 2.76. The molecule has 3 nitrogen and oxygen atoms in total. The smallest absolute Gasteiger partial charge is 0.122 e. The molecule has 2 aromatic rings. The summed E-state index contributed by atoms with van der Waals surface area (Å²) in [5, 5.41) is 13.9. The third kappa shape index (κ3) is 3.07. The molecular formula is C19H23NO2. The summed E-state index contributed by atoms with van der Waals surface area (Å²) in [6.45, 7) is 3.98. The second-order valence-electron chi connectivity index (χ2n) is 6.00. The zero-order valence-corrected chi connectivity index (χ0v) is 13.0. The number of aryl methyl sites for hydroxylation is 1. The van der Waals surface area contributed by atoms with Gasteiger partial charge in [-0.3, -0.25) is 0 Å². The zero-order valence-electron chi connectivity index (χ0n) is 13.0. The molecule has 0 aromatic heterocycles. The Morgan fingerprint density at radius 2 is 1.86 bits per heavy atom. The van der Waals surface area contributed by atoms with Crippen LogP contribution in [0, 0.1) is 6.92 Å². The Hall–Kier alpha value is -1.68. The Bertz CT molecular complexity index is 597.